The van der Waals surface area contributed by atoms with Crippen LogP contribution in [0.25, 0.3) is 0 Å². The molecule has 2 nitrogen and oxygen atoms in total. The van der Waals surface area contributed by atoms with Crippen molar-refractivity contribution in [3.05, 3.63) is 59.3 Å². The fraction of sp³-hybridized carbons (Fsp3) is 0.214. The Morgan fingerprint density at radius 2 is 1.94 bits per heavy atom. The molecule has 0 atom stereocenters. The second-order valence-electron chi connectivity index (χ2n) is 3.90. The summed E-state index contributed by atoms with van der Waals surface area (Å²) in [5, 5.41) is 10.0. The number of aliphatic hydroxyl groups is 1. The maximum Gasteiger partial charge on any atom is 0.0992 e. The SMILES string of the molecule is Cc1cc(CO)cnc1SCc1ccccc1. The first-order chi connectivity index (χ1) is 8.29. The summed E-state index contributed by atoms with van der Waals surface area (Å²) in [4.78, 5) is 4.37. The second kappa shape index (κ2) is 5.84. The third-order valence-corrected chi connectivity index (χ3v) is 3.67. The van der Waals surface area contributed by atoms with Crippen LogP contribution in [0.2, 0.25) is 0 Å². The minimum absolute atomic E-state index is 0.0530. The average molecular weight is 245 g/mol. The number of rotatable bonds is 4. The molecule has 1 aromatic heterocycles. The van der Waals surface area contributed by atoms with Crippen LogP contribution in [0.5, 0.6) is 0 Å². The molecule has 0 aliphatic rings. The Bertz CT molecular complexity index is 485. The molecule has 88 valence electrons. The number of aliphatic hydroxyl groups excluding tert-OH is 1. The lowest BCUT2D eigenvalue weighted by molar-refractivity contribution is 0.281. The Balaban J connectivity index is 2.04. The molecule has 0 amide bonds. The molecule has 0 saturated heterocycles. The highest BCUT2D eigenvalue weighted by atomic mass is 32.2. The van der Waals surface area contributed by atoms with Crippen molar-refractivity contribution >= 4 is 11.8 Å². The van der Waals surface area contributed by atoms with Crippen molar-refractivity contribution in [2.75, 3.05) is 0 Å². The maximum absolute atomic E-state index is 9.01. The van der Waals surface area contributed by atoms with Crippen LogP contribution in [-0.4, -0.2) is 10.1 Å². The van der Waals surface area contributed by atoms with E-state index in [0.29, 0.717) is 0 Å². The fourth-order valence-electron chi connectivity index (χ4n) is 1.58. The number of benzene rings is 1. The van der Waals surface area contributed by atoms with Gasteiger partial charge in [-0.25, -0.2) is 4.98 Å². The summed E-state index contributed by atoms with van der Waals surface area (Å²) >= 11 is 1.73. The molecular formula is C14H15NOS. The number of aromatic nitrogens is 1. The van der Waals surface area contributed by atoms with E-state index in [1.54, 1.807) is 18.0 Å². The smallest absolute Gasteiger partial charge is 0.0992 e. The molecule has 0 aliphatic heterocycles. The van der Waals surface area contributed by atoms with Gasteiger partial charge in [0, 0.05) is 11.9 Å². The molecule has 0 radical (unpaired) electrons. The van der Waals surface area contributed by atoms with Crippen LogP contribution in [0, 0.1) is 6.92 Å². The van der Waals surface area contributed by atoms with Gasteiger partial charge in [-0.05, 0) is 29.7 Å². The molecule has 0 saturated carbocycles. The van der Waals surface area contributed by atoms with Gasteiger partial charge >= 0.3 is 0 Å². The van der Waals surface area contributed by atoms with Gasteiger partial charge in [0.05, 0.1) is 11.6 Å². The number of aryl methyl sites for hydroxylation is 1. The van der Waals surface area contributed by atoms with E-state index in [1.807, 2.05) is 31.2 Å². The van der Waals surface area contributed by atoms with Crippen LogP contribution in [0.3, 0.4) is 0 Å². The Kier molecular flexibility index (Phi) is 4.18. The summed E-state index contributed by atoms with van der Waals surface area (Å²) in [5.74, 6) is 0.924. The zero-order valence-corrected chi connectivity index (χ0v) is 10.6. The molecule has 2 aromatic rings. The summed E-state index contributed by atoms with van der Waals surface area (Å²) in [6.45, 7) is 2.08. The van der Waals surface area contributed by atoms with Gasteiger partial charge < -0.3 is 5.11 Å². The largest absolute Gasteiger partial charge is 0.392 e. The predicted octanol–water partition coefficient (Wildman–Crippen LogP) is 3.17. The van der Waals surface area contributed by atoms with Crippen molar-refractivity contribution in [1.82, 2.24) is 4.98 Å². The van der Waals surface area contributed by atoms with Crippen LogP contribution < -0.4 is 0 Å². The van der Waals surface area contributed by atoms with Gasteiger partial charge in [0.1, 0.15) is 0 Å². The summed E-state index contributed by atoms with van der Waals surface area (Å²) in [6.07, 6.45) is 1.74. The summed E-state index contributed by atoms with van der Waals surface area (Å²) in [5.41, 5.74) is 3.29. The first-order valence-electron chi connectivity index (χ1n) is 5.52. The van der Waals surface area contributed by atoms with Crippen molar-refractivity contribution in [3.8, 4) is 0 Å². The number of hydrogen-bond acceptors (Lipinski definition) is 3. The molecule has 0 bridgehead atoms. The Morgan fingerprint density at radius 1 is 1.18 bits per heavy atom. The zero-order valence-electron chi connectivity index (χ0n) is 9.76. The monoisotopic (exact) mass is 245 g/mol. The first-order valence-corrected chi connectivity index (χ1v) is 6.51. The lowest BCUT2D eigenvalue weighted by Gasteiger charge is -2.06. The average Bonchev–Trinajstić information content (AvgIpc) is 2.38. The van der Waals surface area contributed by atoms with Crippen molar-refractivity contribution in [1.29, 1.82) is 0 Å². The van der Waals surface area contributed by atoms with Gasteiger partial charge in [0.2, 0.25) is 0 Å². The van der Waals surface area contributed by atoms with E-state index in [9.17, 15) is 0 Å². The standard InChI is InChI=1S/C14H15NOS/c1-11-7-13(9-16)8-15-14(11)17-10-12-5-3-2-4-6-12/h2-8,16H,9-10H2,1H3. The number of pyridine rings is 1. The van der Waals surface area contributed by atoms with Gasteiger partial charge in [-0.2, -0.15) is 0 Å². The molecule has 1 heterocycles. The number of thioether (sulfide) groups is 1. The van der Waals surface area contributed by atoms with Crippen LogP contribution in [0.1, 0.15) is 16.7 Å². The van der Waals surface area contributed by atoms with Crippen LogP contribution >= 0.6 is 11.8 Å². The predicted molar refractivity (Wildman–Crippen MR) is 70.9 cm³/mol. The second-order valence-corrected chi connectivity index (χ2v) is 4.86. The topological polar surface area (TPSA) is 33.1 Å². The molecule has 0 fully saturated rings. The van der Waals surface area contributed by atoms with Crippen LogP contribution in [0.4, 0.5) is 0 Å². The van der Waals surface area contributed by atoms with Gasteiger partial charge in [0.15, 0.2) is 0 Å². The first kappa shape index (κ1) is 12.1. The quantitative estimate of drug-likeness (QED) is 0.840. The molecule has 0 unspecified atom stereocenters. The Labute approximate surface area is 106 Å². The lowest BCUT2D eigenvalue weighted by atomic mass is 10.2. The zero-order chi connectivity index (χ0) is 12.1. The van der Waals surface area contributed by atoms with Crippen molar-refractivity contribution in [3.63, 3.8) is 0 Å². The molecule has 3 heteroatoms. The normalized spacial score (nSPS) is 10.5. The van der Waals surface area contributed by atoms with Crippen molar-refractivity contribution in [2.45, 2.75) is 24.3 Å². The Morgan fingerprint density at radius 3 is 2.59 bits per heavy atom. The maximum atomic E-state index is 9.01. The number of nitrogens with zero attached hydrogens (tertiary/aromatic N) is 1. The van der Waals surface area contributed by atoms with E-state index in [1.165, 1.54) is 5.56 Å². The highest BCUT2D eigenvalue weighted by Gasteiger charge is 2.02. The number of hydrogen-bond donors (Lipinski definition) is 1. The molecule has 0 aliphatic carbocycles. The summed E-state index contributed by atoms with van der Waals surface area (Å²) < 4.78 is 0. The van der Waals surface area contributed by atoms with Gasteiger partial charge in [-0.1, -0.05) is 30.3 Å². The fourth-order valence-corrected chi connectivity index (χ4v) is 2.49. The summed E-state index contributed by atoms with van der Waals surface area (Å²) in [7, 11) is 0. The molecule has 0 spiro atoms. The van der Waals surface area contributed by atoms with Crippen molar-refractivity contribution in [2.24, 2.45) is 0 Å². The molecule has 1 N–H and O–H groups in total. The van der Waals surface area contributed by atoms with E-state index < -0.39 is 0 Å². The van der Waals surface area contributed by atoms with E-state index in [2.05, 4.69) is 17.1 Å². The van der Waals surface area contributed by atoms with Crippen molar-refractivity contribution < 1.29 is 5.11 Å². The van der Waals surface area contributed by atoms with Gasteiger partial charge in [-0.3, -0.25) is 0 Å². The third kappa shape index (κ3) is 3.32. The van der Waals surface area contributed by atoms with Gasteiger partial charge in [-0.15, -0.1) is 11.8 Å². The van der Waals surface area contributed by atoms with Crippen LogP contribution in [0.15, 0.2) is 47.6 Å². The van der Waals surface area contributed by atoms with E-state index in [-0.39, 0.29) is 6.61 Å². The molecule has 2 rings (SSSR count). The highest BCUT2D eigenvalue weighted by molar-refractivity contribution is 7.98. The van der Waals surface area contributed by atoms with E-state index in [4.69, 9.17) is 5.11 Å². The van der Waals surface area contributed by atoms with E-state index >= 15 is 0 Å². The molecular weight excluding hydrogens is 230 g/mol. The molecule has 17 heavy (non-hydrogen) atoms. The van der Waals surface area contributed by atoms with E-state index in [0.717, 1.165) is 21.9 Å². The van der Waals surface area contributed by atoms with Gasteiger partial charge in [0.25, 0.3) is 0 Å². The lowest BCUT2D eigenvalue weighted by Crippen LogP contribution is -1.91. The minimum Gasteiger partial charge on any atom is -0.392 e. The summed E-state index contributed by atoms with van der Waals surface area (Å²) in [6, 6.07) is 12.3. The minimum atomic E-state index is 0.0530. The third-order valence-electron chi connectivity index (χ3n) is 2.49. The van der Waals surface area contributed by atoms with Crippen LogP contribution in [-0.2, 0) is 12.4 Å². The molecule has 1 aromatic carbocycles. The highest BCUT2D eigenvalue weighted by Crippen LogP contribution is 2.24. The Hall–Kier alpha value is -1.32.